The number of pyridine rings is 1. The summed E-state index contributed by atoms with van der Waals surface area (Å²) < 4.78 is 21.5. The molecule has 136 valence electrons. The number of ether oxygens (including phenoxy) is 1. The first-order valence-corrected chi connectivity index (χ1v) is 8.98. The maximum atomic E-state index is 13.8. The molecule has 0 radical (unpaired) electrons. The largest absolute Gasteiger partial charge is 0.491 e. The van der Waals surface area contributed by atoms with Crippen LogP contribution in [0.3, 0.4) is 0 Å². The Morgan fingerprint density at radius 2 is 2.15 bits per heavy atom. The lowest BCUT2D eigenvalue weighted by molar-refractivity contribution is 0.242. The van der Waals surface area contributed by atoms with Gasteiger partial charge in [0.25, 0.3) is 0 Å². The van der Waals surface area contributed by atoms with Crippen LogP contribution in [0.25, 0.3) is 17.0 Å². The smallest absolute Gasteiger partial charge is 0.223 e. The number of alkyl halides is 1. The minimum atomic E-state index is -0.836. The molecule has 1 aliphatic rings. The van der Waals surface area contributed by atoms with E-state index in [0.717, 1.165) is 35.6 Å². The number of hydrogen-bond acceptors (Lipinski definition) is 5. The zero-order chi connectivity index (χ0) is 18.1. The molecule has 26 heavy (non-hydrogen) atoms. The minimum Gasteiger partial charge on any atom is -0.491 e. The molecule has 6 nitrogen and oxygen atoms in total. The molecule has 0 aromatic carbocycles. The highest BCUT2D eigenvalue weighted by Crippen LogP contribution is 2.26. The standard InChI is InChI=1S/C19H22FN5O/c1-12(2)26-13-7-9-25-17(11-22-18(25)10-13)16-6-8-21-19(24-16)23-15-5-3-4-14(15)20/h6-12,14-15H,3-5H2,1-2H3,(H,21,23,24)/t14-,15-/m0/s1. The van der Waals surface area contributed by atoms with E-state index in [4.69, 9.17) is 4.74 Å². The average Bonchev–Trinajstić information content (AvgIpc) is 3.21. The molecular formula is C19H22FN5O. The fourth-order valence-electron chi connectivity index (χ4n) is 3.31. The number of halogens is 1. The third kappa shape index (κ3) is 3.34. The monoisotopic (exact) mass is 355 g/mol. The van der Waals surface area contributed by atoms with Gasteiger partial charge < -0.3 is 10.1 Å². The van der Waals surface area contributed by atoms with Gasteiger partial charge in [-0.2, -0.15) is 0 Å². The van der Waals surface area contributed by atoms with Crippen LogP contribution in [0.15, 0.2) is 36.8 Å². The van der Waals surface area contributed by atoms with Crippen LogP contribution in [-0.4, -0.2) is 37.7 Å². The quantitative estimate of drug-likeness (QED) is 0.752. The third-order valence-electron chi connectivity index (χ3n) is 4.52. The molecule has 1 fully saturated rings. The summed E-state index contributed by atoms with van der Waals surface area (Å²) in [4.78, 5) is 13.2. The van der Waals surface area contributed by atoms with E-state index in [0.29, 0.717) is 12.4 Å². The van der Waals surface area contributed by atoms with Crippen molar-refractivity contribution in [1.82, 2.24) is 19.4 Å². The Balaban J connectivity index is 1.62. The molecule has 3 heterocycles. The Hall–Kier alpha value is -2.70. The van der Waals surface area contributed by atoms with Crippen LogP contribution < -0.4 is 10.1 Å². The molecule has 1 N–H and O–H groups in total. The van der Waals surface area contributed by atoms with Gasteiger partial charge >= 0.3 is 0 Å². The van der Waals surface area contributed by atoms with Crippen LogP contribution in [0.1, 0.15) is 33.1 Å². The second-order valence-electron chi connectivity index (χ2n) is 6.86. The molecule has 2 atom stereocenters. The first-order valence-electron chi connectivity index (χ1n) is 8.98. The molecule has 1 aliphatic carbocycles. The van der Waals surface area contributed by atoms with Crippen LogP contribution in [-0.2, 0) is 0 Å². The molecular weight excluding hydrogens is 333 g/mol. The number of aromatic nitrogens is 4. The summed E-state index contributed by atoms with van der Waals surface area (Å²) in [5.41, 5.74) is 2.37. The number of nitrogens with one attached hydrogen (secondary N) is 1. The predicted molar refractivity (Wildman–Crippen MR) is 98.1 cm³/mol. The Labute approximate surface area is 151 Å². The normalized spacial score (nSPS) is 20.0. The molecule has 7 heteroatoms. The van der Waals surface area contributed by atoms with E-state index in [1.807, 2.05) is 42.6 Å². The Morgan fingerprint density at radius 1 is 1.27 bits per heavy atom. The zero-order valence-corrected chi connectivity index (χ0v) is 14.9. The summed E-state index contributed by atoms with van der Waals surface area (Å²) in [5.74, 6) is 1.23. The number of hydrogen-bond donors (Lipinski definition) is 1. The Bertz CT molecular complexity index is 910. The number of anilines is 1. The van der Waals surface area contributed by atoms with Crippen LogP contribution in [0, 0.1) is 0 Å². The highest BCUT2D eigenvalue weighted by atomic mass is 19.1. The third-order valence-corrected chi connectivity index (χ3v) is 4.52. The summed E-state index contributed by atoms with van der Waals surface area (Å²) in [6, 6.07) is 5.43. The summed E-state index contributed by atoms with van der Waals surface area (Å²) in [5, 5.41) is 3.12. The second kappa shape index (κ2) is 6.90. The van der Waals surface area contributed by atoms with Crippen molar-refractivity contribution in [2.45, 2.75) is 51.4 Å². The maximum Gasteiger partial charge on any atom is 0.223 e. The van der Waals surface area contributed by atoms with E-state index in [2.05, 4.69) is 20.3 Å². The van der Waals surface area contributed by atoms with E-state index in [1.54, 1.807) is 12.4 Å². The number of imidazole rings is 1. The van der Waals surface area contributed by atoms with Crippen LogP contribution in [0.4, 0.5) is 10.3 Å². The van der Waals surface area contributed by atoms with E-state index in [-0.39, 0.29) is 12.1 Å². The zero-order valence-electron chi connectivity index (χ0n) is 14.9. The summed E-state index contributed by atoms with van der Waals surface area (Å²) in [6.07, 6.45) is 6.95. The topological polar surface area (TPSA) is 64.3 Å². The first kappa shape index (κ1) is 16.8. The molecule has 0 bridgehead atoms. The molecule has 4 rings (SSSR count). The molecule has 0 aliphatic heterocycles. The van der Waals surface area contributed by atoms with Gasteiger partial charge in [0.05, 0.1) is 29.7 Å². The van der Waals surface area contributed by atoms with Gasteiger partial charge in [0, 0.05) is 18.5 Å². The van der Waals surface area contributed by atoms with Crippen molar-refractivity contribution in [3.63, 3.8) is 0 Å². The van der Waals surface area contributed by atoms with Gasteiger partial charge in [-0.15, -0.1) is 0 Å². The SMILES string of the molecule is CC(C)Oc1ccn2c(-c3ccnc(N[C@H]4CCC[C@@H]4F)n3)cnc2c1. The molecule has 3 aromatic heterocycles. The van der Waals surface area contributed by atoms with Crippen molar-refractivity contribution in [2.75, 3.05) is 5.32 Å². The van der Waals surface area contributed by atoms with Gasteiger partial charge in [-0.1, -0.05) is 0 Å². The fourth-order valence-corrected chi connectivity index (χ4v) is 3.31. The molecule has 1 saturated carbocycles. The predicted octanol–water partition coefficient (Wildman–Crippen LogP) is 3.88. The van der Waals surface area contributed by atoms with Crippen molar-refractivity contribution >= 4 is 11.6 Å². The summed E-state index contributed by atoms with van der Waals surface area (Å²) >= 11 is 0. The summed E-state index contributed by atoms with van der Waals surface area (Å²) in [7, 11) is 0. The van der Waals surface area contributed by atoms with Gasteiger partial charge in [0.2, 0.25) is 5.95 Å². The maximum absolute atomic E-state index is 13.8. The lowest BCUT2D eigenvalue weighted by Crippen LogP contribution is -2.26. The molecule has 0 unspecified atom stereocenters. The van der Waals surface area contributed by atoms with E-state index in [1.165, 1.54) is 0 Å². The number of rotatable bonds is 5. The van der Waals surface area contributed by atoms with E-state index < -0.39 is 6.17 Å². The van der Waals surface area contributed by atoms with Gasteiger partial charge in [-0.3, -0.25) is 4.40 Å². The molecule has 3 aromatic rings. The number of nitrogens with zero attached hydrogens (tertiary/aromatic N) is 4. The average molecular weight is 355 g/mol. The second-order valence-corrected chi connectivity index (χ2v) is 6.86. The van der Waals surface area contributed by atoms with Gasteiger partial charge in [-0.05, 0) is 45.2 Å². The van der Waals surface area contributed by atoms with Crippen LogP contribution in [0.2, 0.25) is 0 Å². The van der Waals surface area contributed by atoms with Gasteiger partial charge in [0.1, 0.15) is 17.6 Å². The van der Waals surface area contributed by atoms with Gasteiger partial charge in [0.15, 0.2) is 0 Å². The lowest BCUT2D eigenvalue weighted by atomic mass is 10.2. The molecule has 0 spiro atoms. The van der Waals surface area contributed by atoms with Crippen LogP contribution >= 0.6 is 0 Å². The van der Waals surface area contributed by atoms with Crippen molar-refractivity contribution < 1.29 is 9.13 Å². The van der Waals surface area contributed by atoms with Crippen molar-refractivity contribution in [2.24, 2.45) is 0 Å². The van der Waals surface area contributed by atoms with Crippen molar-refractivity contribution in [3.05, 3.63) is 36.8 Å². The lowest BCUT2D eigenvalue weighted by Gasteiger charge is -2.15. The highest BCUT2D eigenvalue weighted by Gasteiger charge is 2.27. The van der Waals surface area contributed by atoms with Crippen molar-refractivity contribution in [3.8, 4) is 17.1 Å². The Kier molecular flexibility index (Phi) is 4.44. The van der Waals surface area contributed by atoms with E-state index in [9.17, 15) is 4.39 Å². The molecule has 0 amide bonds. The number of fused-ring (bicyclic) bond motifs is 1. The van der Waals surface area contributed by atoms with Crippen molar-refractivity contribution in [1.29, 1.82) is 0 Å². The van der Waals surface area contributed by atoms with Crippen LogP contribution in [0.5, 0.6) is 5.75 Å². The minimum absolute atomic E-state index is 0.109. The summed E-state index contributed by atoms with van der Waals surface area (Å²) in [6.45, 7) is 3.98. The van der Waals surface area contributed by atoms with Gasteiger partial charge in [-0.25, -0.2) is 19.3 Å². The Morgan fingerprint density at radius 3 is 2.92 bits per heavy atom. The first-order chi connectivity index (χ1) is 12.6. The molecule has 0 saturated heterocycles. The highest BCUT2D eigenvalue weighted by molar-refractivity contribution is 5.62. The fraction of sp³-hybridized carbons (Fsp3) is 0.421. The van der Waals surface area contributed by atoms with E-state index >= 15 is 0 Å².